The van der Waals surface area contributed by atoms with Crippen LogP contribution in [0.5, 0.6) is 11.5 Å². The predicted molar refractivity (Wildman–Crippen MR) is 71.1 cm³/mol. The molecule has 1 aromatic carbocycles. The second-order valence-electron chi connectivity index (χ2n) is 4.76. The van der Waals surface area contributed by atoms with Crippen LogP contribution >= 0.6 is 12.4 Å². The minimum atomic E-state index is -0.0923. The van der Waals surface area contributed by atoms with Gasteiger partial charge in [0.1, 0.15) is 6.61 Å². The zero-order chi connectivity index (χ0) is 11.6. The van der Waals surface area contributed by atoms with Crippen LogP contribution in [0, 0.1) is 0 Å². The van der Waals surface area contributed by atoms with Crippen molar-refractivity contribution >= 4 is 12.4 Å². The van der Waals surface area contributed by atoms with Crippen LogP contribution in [-0.2, 0) is 0 Å². The van der Waals surface area contributed by atoms with Gasteiger partial charge in [0, 0.05) is 0 Å². The maximum atomic E-state index is 5.98. The highest BCUT2D eigenvalue weighted by Gasteiger charge is 2.39. The van der Waals surface area contributed by atoms with Gasteiger partial charge in [-0.3, -0.25) is 0 Å². The van der Waals surface area contributed by atoms with E-state index in [1.54, 1.807) is 0 Å². The molecule has 2 rings (SSSR count). The van der Waals surface area contributed by atoms with Gasteiger partial charge in [-0.25, -0.2) is 0 Å². The molecule has 0 aromatic heterocycles. The van der Waals surface area contributed by atoms with E-state index in [1.807, 2.05) is 38.1 Å². The van der Waals surface area contributed by atoms with Crippen molar-refractivity contribution in [1.29, 1.82) is 0 Å². The molecule has 3 nitrogen and oxygen atoms in total. The summed E-state index contributed by atoms with van der Waals surface area (Å²) in [4.78, 5) is 0. The summed E-state index contributed by atoms with van der Waals surface area (Å²) >= 11 is 0. The van der Waals surface area contributed by atoms with Crippen LogP contribution in [0.3, 0.4) is 0 Å². The topological polar surface area (TPSA) is 44.5 Å². The Balaban J connectivity index is 0.00000144. The van der Waals surface area contributed by atoms with Gasteiger partial charge in [0.2, 0.25) is 0 Å². The zero-order valence-electron chi connectivity index (χ0n) is 10.3. The summed E-state index contributed by atoms with van der Waals surface area (Å²) in [5.74, 6) is 1.58. The number of rotatable bonds is 5. The SMILES string of the molecule is CC(C)Oc1ccccc1OCC1(N)CC1.Cl. The van der Waals surface area contributed by atoms with Gasteiger partial charge in [0.15, 0.2) is 11.5 Å². The zero-order valence-corrected chi connectivity index (χ0v) is 11.1. The van der Waals surface area contributed by atoms with Gasteiger partial charge in [-0.2, -0.15) is 0 Å². The summed E-state index contributed by atoms with van der Waals surface area (Å²) in [6.07, 6.45) is 2.26. The van der Waals surface area contributed by atoms with Crippen molar-refractivity contribution in [2.75, 3.05) is 6.61 Å². The van der Waals surface area contributed by atoms with Gasteiger partial charge < -0.3 is 15.2 Å². The van der Waals surface area contributed by atoms with E-state index >= 15 is 0 Å². The lowest BCUT2D eigenvalue weighted by molar-refractivity contribution is 0.214. The first-order valence-corrected chi connectivity index (χ1v) is 5.76. The molecule has 0 radical (unpaired) electrons. The maximum absolute atomic E-state index is 5.98. The van der Waals surface area contributed by atoms with Crippen molar-refractivity contribution in [3.05, 3.63) is 24.3 Å². The second-order valence-corrected chi connectivity index (χ2v) is 4.76. The monoisotopic (exact) mass is 257 g/mol. The van der Waals surface area contributed by atoms with Crippen LogP contribution in [0.4, 0.5) is 0 Å². The molecular formula is C13H20ClNO2. The molecule has 96 valence electrons. The molecule has 2 N–H and O–H groups in total. The summed E-state index contributed by atoms with van der Waals surface area (Å²) in [5, 5.41) is 0. The van der Waals surface area contributed by atoms with Crippen molar-refractivity contribution < 1.29 is 9.47 Å². The van der Waals surface area contributed by atoms with Gasteiger partial charge in [0.25, 0.3) is 0 Å². The second kappa shape index (κ2) is 5.61. The van der Waals surface area contributed by atoms with Crippen molar-refractivity contribution in [1.82, 2.24) is 0 Å². The van der Waals surface area contributed by atoms with Gasteiger partial charge in [-0.05, 0) is 38.8 Å². The van der Waals surface area contributed by atoms with E-state index < -0.39 is 0 Å². The Morgan fingerprint density at radius 1 is 1.24 bits per heavy atom. The van der Waals surface area contributed by atoms with Gasteiger partial charge in [-0.1, -0.05) is 12.1 Å². The quantitative estimate of drug-likeness (QED) is 0.882. The normalized spacial score (nSPS) is 16.2. The minimum Gasteiger partial charge on any atom is -0.488 e. The number of para-hydroxylation sites is 2. The first-order chi connectivity index (χ1) is 7.59. The van der Waals surface area contributed by atoms with Crippen molar-refractivity contribution in [2.45, 2.75) is 38.3 Å². The van der Waals surface area contributed by atoms with E-state index in [9.17, 15) is 0 Å². The van der Waals surface area contributed by atoms with Crippen molar-refractivity contribution in [2.24, 2.45) is 5.73 Å². The fraction of sp³-hybridized carbons (Fsp3) is 0.538. The number of benzene rings is 1. The molecular weight excluding hydrogens is 238 g/mol. The van der Waals surface area contributed by atoms with Crippen LogP contribution in [-0.4, -0.2) is 18.2 Å². The molecule has 1 aliphatic carbocycles. The molecule has 0 spiro atoms. The lowest BCUT2D eigenvalue weighted by atomic mass is 10.3. The summed E-state index contributed by atoms with van der Waals surface area (Å²) < 4.78 is 11.4. The summed E-state index contributed by atoms with van der Waals surface area (Å²) in [6, 6.07) is 7.73. The van der Waals surface area contributed by atoms with E-state index in [4.69, 9.17) is 15.2 Å². The molecule has 0 atom stereocenters. The molecule has 0 amide bonds. The fourth-order valence-electron chi connectivity index (χ4n) is 1.45. The van der Waals surface area contributed by atoms with Crippen LogP contribution in [0.25, 0.3) is 0 Å². The number of ether oxygens (including phenoxy) is 2. The predicted octanol–water partition coefficient (Wildman–Crippen LogP) is 2.77. The highest BCUT2D eigenvalue weighted by atomic mass is 35.5. The summed E-state index contributed by atoms with van der Waals surface area (Å²) in [6.45, 7) is 4.58. The smallest absolute Gasteiger partial charge is 0.161 e. The molecule has 0 heterocycles. The lowest BCUT2D eigenvalue weighted by Gasteiger charge is -2.16. The molecule has 1 aromatic rings. The van der Waals surface area contributed by atoms with Gasteiger partial charge in [-0.15, -0.1) is 12.4 Å². The summed E-state index contributed by atoms with van der Waals surface area (Å²) in [5.41, 5.74) is 5.89. The number of hydrogen-bond acceptors (Lipinski definition) is 3. The Bertz CT molecular complexity index is 364. The van der Waals surface area contributed by atoms with Gasteiger partial charge in [0.05, 0.1) is 11.6 Å². The van der Waals surface area contributed by atoms with Gasteiger partial charge >= 0.3 is 0 Å². The first-order valence-electron chi connectivity index (χ1n) is 5.76. The maximum Gasteiger partial charge on any atom is 0.161 e. The standard InChI is InChI=1S/C13H19NO2.ClH/c1-10(2)16-12-6-4-3-5-11(12)15-9-13(14)7-8-13;/h3-6,10H,7-9,14H2,1-2H3;1H. The Morgan fingerprint density at radius 3 is 2.35 bits per heavy atom. The largest absolute Gasteiger partial charge is 0.488 e. The molecule has 0 bridgehead atoms. The average molecular weight is 258 g/mol. The fourth-order valence-corrected chi connectivity index (χ4v) is 1.45. The number of halogens is 1. The highest BCUT2D eigenvalue weighted by Crippen LogP contribution is 2.34. The van der Waals surface area contributed by atoms with Crippen LogP contribution in [0.2, 0.25) is 0 Å². The molecule has 4 heteroatoms. The van der Waals surface area contributed by atoms with E-state index in [0.29, 0.717) is 6.61 Å². The Morgan fingerprint density at radius 2 is 1.82 bits per heavy atom. The molecule has 0 unspecified atom stereocenters. The molecule has 1 aliphatic rings. The third-order valence-electron chi connectivity index (χ3n) is 2.62. The minimum absolute atomic E-state index is 0. The Labute approximate surface area is 109 Å². The molecule has 1 saturated carbocycles. The molecule has 0 aliphatic heterocycles. The lowest BCUT2D eigenvalue weighted by Crippen LogP contribution is -2.29. The average Bonchev–Trinajstić information content (AvgIpc) is 2.95. The van der Waals surface area contributed by atoms with Crippen LogP contribution in [0.15, 0.2) is 24.3 Å². The van der Waals surface area contributed by atoms with Crippen LogP contribution < -0.4 is 15.2 Å². The van der Waals surface area contributed by atoms with E-state index in [2.05, 4.69) is 0 Å². The third-order valence-corrected chi connectivity index (χ3v) is 2.62. The first kappa shape index (κ1) is 14.1. The Hall–Kier alpha value is -0.930. The molecule has 0 saturated heterocycles. The number of hydrogen-bond donors (Lipinski definition) is 1. The van der Waals surface area contributed by atoms with E-state index in [-0.39, 0.29) is 24.0 Å². The van der Waals surface area contributed by atoms with E-state index in [0.717, 1.165) is 24.3 Å². The van der Waals surface area contributed by atoms with Crippen molar-refractivity contribution in [3.63, 3.8) is 0 Å². The van der Waals surface area contributed by atoms with Crippen molar-refractivity contribution in [3.8, 4) is 11.5 Å². The van der Waals surface area contributed by atoms with E-state index in [1.165, 1.54) is 0 Å². The molecule has 17 heavy (non-hydrogen) atoms. The Kier molecular flexibility index (Phi) is 4.66. The molecule has 1 fully saturated rings. The number of nitrogens with two attached hydrogens (primary N) is 1. The summed E-state index contributed by atoms with van der Waals surface area (Å²) in [7, 11) is 0. The highest BCUT2D eigenvalue weighted by molar-refractivity contribution is 5.85. The van der Waals surface area contributed by atoms with Crippen LogP contribution in [0.1, 0.15) is 26.7 Å². The third kappa shape index (κ3) is 4.10.